The summed E-state index contributed by atoms with van der Waals surface area (Å²) >= 11 is 6.10. The van der Waals surface area contributed by atoms with Gasteiger partial charge in [-0.25, -0.2) is 9.37 Å². The molecule has 0 fully saturated rings. The second-order valence-corrected chi connectivity index (χ2v) is 5.16. The highest BCUT2D eigenvalue weighted by atomic mass is 35.5. The van der Waals surface area contributed by atoms with E-state index < -0.39 is 11.9 Å². The molecule has 0 saturated carbocycles. The van der Waals surface area contributed by atoms with E-state index >= 15 is 0 Å². The lowest BCUT2D eigenvalue weighted by Gasteiger charge is -2.22. The minimum absolute atomic E-state index is 0.191. The van der Waals surface area contributed by atoms with Crippen LogP contribution in [-0.4, -0.2) is 20.6 Å². The fourth-order valence-corrected chi connectivity index (χ4v) is 2.99. The largest absolute Gasteiger partial charge is 0.481 e. The van der Waals surface area contributed by atoms with Crippen LogP contribution in [-0.2, 0) is 11.3 Å². The first kappa shape index (κ1) is 13.1. The summed E-state index contributed by atoms with van der Waals surface area (Å²) < 4.78 is 15.1. The highest BCUT2D eigenvalue weighted by Crippen LogP contribution is 2.36. The van der Waals surface area contributed by atoms with Crippen LogP contribution in [0.5, 0.6) is 0 Å². The van der Waals surface area contributed by atoms with Gasteiger partial charge in [-0.05, 0) is 25.0 Å². The number of hydrogen-bond acceptors (Lipinski definition) is 2. The van der Waals surface area contributed by atoms with Crippen molar-refractivity contribution in [1.29, 1.82) is 0 Å². The lowest BCUT2D eigenvalue weighted by atomic mass is 9.96. The molecule has 2 aromatic rings. The molecule has 1 unspecified atom stereocenters. The number of aliphatic carboxylic acids is 1. The summed E-state index contributed by atoms with van der Waals surface area (Å²) in [7, 11) is 0. The molecule has 1 aromatic carbocycles. The molecule has 0 radical (unpaired) electrons. The summed E-state index contributed by atoms with van der Waals surface area (Å²) in [5.41, 5.74) is 1.12. The van der Waals surface area contributed by atoms with E-state index in [0.29, 0.717) is 30.0 Å². The van der Waals surface area contributed by atoms with E-state index in [2.05, 4.69) is 4.98 Å². The third-order valence-corrected chi connectivity index (χ3v) is 3.83. The number of nitrogens with zero attached hydrogens (tertiary/aromatic N) is 2. The van der Waals surface area contributed by atoms with Gasteiger partial charge in [0.2, 0.25) is 0 Å². The zero-order chi connectivity index (χ0) is 14.3. The average molecular weight is 295 g/mol. The molecule has 0 bridgehead atoms. The number of carboxylic acids is 1. The lowest BCUT2D eigenvalue weighted by Crippen LogP contribution is -2.22. The second-order valence-electron chi connectivity index (χ2n) is 4.81. The summed E-state index contributed by atoms with van der Waals surface area (Å²) in [6.07, 6.45) is 1.28. The molecule has 1 N–H and O–H groups in total. The van der Waals surface area contributed by atoms with Gasteiger partial charge in [0.1, 0.15) is 17.6 Å². The van der Waals surface area contributed by atoms with E-state index in [1.54, 1.807) is 16.7 Å². The molecule has 0 aliphatic carbocycles. The molecule has 1 atom stereocenters. The van der Waals surface area contributed by atoms with Crippen LogP contribution in [0.15, 0.2) is 24.3 Å². The number of aromatic nitrogens is 2. The molecule has 2 heterocycles. The van der Waals surface area contributed by atoms with E-state index in [4.69, 9.17) is 11.6 Å². The maximum Gasteiger partial charge on any atom is 0.312 e. The molecule has 1 aliphatic heterocycles. The van der Waals surface area contributed by atoms with E-state index in [0.717, 1.165) is 6.42 Å². The molecule has 0 amide bonds. The third kappa shape index (κ3) is 2.08. The van der Waals surface area contributed by atoms with Gasteiger partial charge in [0.15, 0.2) is 5.15 Å². The number of carboxylic acid groups (broad SMARTS) is 1. The van der Waals surface area contributed by atoms with Crippen molar-refractivity contribution in [1.82, 2.24) is 9.55 Å². The van der Waals surface area contributed by atoms with Crippen molar-refractivity contribution in [2.24, 2.45) is 0 Å². The first-order chi connectivity index (χ1) is 9.58. The minimum atomic E-state index is -0.904. The van der Waals surface area contributed by atoms with Gasteiger partial charge in [0.05, 0.1) is 5.69 Å². The van der Waals surface area contributed by atoms with Gasteiger partial charge in [0.25, 0.3) is 0 Å². The van der Waals surface area contributed by atoms with E-state index in [9.17, 15) is 14.3 Å². The van der Waals surface area contributed by atoms with Crippen molar-refractivity contribution in [3.8, 4) is 11.4 Å². The fraction of sp³-hybridized carbons (Fsp3) is 0.286. The molecule has 4 nitrogen and oxygen atoms in total. The van der Waals surface area contributed by atoms with E-state index in [1.807, 2.05) is 0 Å². The van der Waals surface area contributed by atoms with Gasteiger partial charge < -0.3 is 9.67 Å². The van der Waals surface area contributed by atoms with Gasteiger partial charge in [-0.1, -0.05) is 23.7 Å². The smallest absolute Gasteiger partial charge is 0.312 e. The fourth-order valence-electron chi connectivity index (χ4n) is 2.67. The van der Waals surface area contributed by atoms with E-state index in [-0.39, 0.29) is 11.0 Å². The Balaban J connectivity index is 2.16. The topological polar surface area (TPSA) is 55.1 Å². The molecular formula is C14H12ClFN2O2. The highest BCUT2D eigenvalue weighted by molar-refractivity contribution is 6.30. The van der Waals surface area contributed by atoms with Crippen LogP contribution in [0.25, 0.3) is 11.4 Å². The zero-order valence-electron chi connectivity index (χ0n) is 10.5. The van der Waals surface area contributed by atoms with Gasteiger partial charge >= 0.3 is 5.97 Å². The molecule has 0 spiro atoms. The van der Waals surface area contributed by atoms with Crippen molar-refractivity contribution < 1.29 is 14.3 Å². The number of imidazole rings is 1. The number of fused-ring (bicyclic) bond motifs is 1. The Morgan fingerprint density at radius 1 is 1.50 bits per heavy atom. The van der Waals surface area contributed by atoms with Crippen molar-refractivity contribution in [3.63, 3.8) is 0 Å². The Hall–Kier alpha value is -1.88. The number of carbonyl (C=O) groups is 1. The number of benzene rings is 1. The van der Waals surface area contributed by atoms with Crippen LogP contribution in [0, 0.1) is 5.82 Å². The van der Waals surface area contributed by atoms with Crippen LogP contribution < -0.4 is 0 Å². The van der Waals surface area contributed by atoms with Crippen molar-refractivity contribution in [2.45, 2.75) is 25.3 Å². The van der Waals surface area contributed by atoms with Gasteiger partial charge in [0, 0.05) is 12.1 Å². The van der Waals surface area contributed by atoms with E-state index in [1.165, 1.54) is 12.1 Å². The molecule has 104 valence electrons. The summed E-state index contributed by atoms with van der Waals surface area (Å²) in [6, 6.07) is 6.05. The molecule has 0 saturated heterocycles. The molecule has 3 rings (SSSR count). The zero-order valence-corrected chi connectivity index (χ0v) is 11.3. The maximum absolute atomic E-state index is 13.3. The summed E-state index contributed by atoms with van der Waals surface area (Å²) in [5.74, 6) is -1.39. The van der Waals surface area contributed by atoms with Crippen LogP contribution in [0.3, 0.4) is 0 Å². The summed E-state index contributed by atoms with van der Waals surface area (Å²) in [4.78, 5) is 15.5. The van der Waals surface area contributed by atoms with Gasteiger partial charge in [-0.15, -0.1) is 0 Å². The number of halogens is 2. The maximum atomic E-state index is 13.3. The van der Waals surface area contributed by atoms with Crippen LogP contribution in [0.2, 0.25) is 5.15 Å². The number of hydrogen-bond donors (Lipinski definition) is 1. The summed E-state index contributed by atoms with van der Waals surface area (Å²) in [6.45, 7) is 0.644. The Morgan fingerprint density at radius 2 is 2.30 bits per heavy atom. The molecule has 1 aromatic heterocycles. The second kappa shape index (κ2) is 4.90. The van der Waals surface area contributed by atoms with Gasteiger partial charge in [-0.3, -0.25) is 4.79 Å². The SMILES string of the molecule is O=C(O)C1CCCn2c(-c3cccc(F)c3)nc(Cl)c21. The Morgan fingerprint density at radius 3 is 3.00 bits per heavy atom. The van der Waals surface area contributed by atoms with Crippen LogP contribution in [0.1, 0.15) is 24.5 Å². The normalized spacial score (nSPS) is 17.8. The average Bonchev–Trinajstić information content (AvgIpc) is 2.76. The monoisotopic (exact) mass is 294 g/mol. The predicted molar refractivity (Wildman–Crippen MR) is 72.2 cm³/mol. The Bertz CT molecular complexity index is 684. The lowest BCUT2D eigenvalue weighted by molar-refractivity contribution is -0.139. The van der Waals surface area contributed by atoms with Crippen LogP contribution in [0.4, 0.5) is 4.39 Å². The first-order valence-electron chi connectivity index (χ1n) is 6.32. The molecular weight excluding hydrogens is 283 g/mol. The molecule has 1 aliphatic rings. The van der Waals surface area contributed by atoms with Crippen molar-refractivity contribution in [2.75, 3.05) is 0 Å². The standard InChI is InChI=1S/C14H12ClFN2O2/c15-12-11-10(14(19)20)5-2-6-18(11)13(17-12)8-3-1-4-9(16)7-8/h1,3-4,7,10H,2,5-6H2,(H,19,20). The predicted octanol–water partition coefficient (Wildman–Crippen LogP) is 3.30. The number of rotatable bonds is 2. The van der Waals surface area contributed by atoms with Gasteiger partial charge in [-0.2, -0.15) is 0 Å². The summed E-state index contributed by atoms with van der Waals surface area (Å²) in [5, 5.41) is 9.46. The third-order valence-electron chi connectivity index (χ3n) is 3.55. The quantitative estimate of drug-likeness (QED) is 0.924. The van der Waals surface area contributed by atoms with Crippen LogP contribution >= 0.6 is 11.6 Å². The molecule has 6 heteroatoms. The molecule has 20 heavy (non-hydrogen) atoms. The first-order valence-corrected chi connectivity index (χ1v) is 6.70. The Labute approximate surface area is 119 Å². The van der Waals surface area contributed by atoms with Crippen molar-refractivity contribution in [3.05, 3.63) is 40.9 Å². The van der Waals surface area contributed by atoms with Crippen molar-refractivity contribution >= 4 is 17.6 Å². The Kier molecular flexibility index (Phi) is 3.22. The minimum Gasteiger partial charge on any atom is -0.481 e. The highest BCUT2D eigenvalue weighted by Gasteiger charge is 2.32.